The standard InChI is InChI=1S/C28H27F3N6O5S/c1-17-12-24(37(35-17)20-7-5-6-19(13-20)33-18(2)38)36-15-21(14-25(36)42-26(39)34-27(16-32)10-11-27)43(40,41)23-9-4-3-8-22(23)28(29,30)31/h3-9,12-13,21,25H,10-11,14-15H2,1-2H3,(H,33,38)(H,34,39)/t21-,25+/m1/s1. The number of alkyl halides is 3. The van der Waals surface area contributed by atoms with E-state index in [1.54, 1.807) is 37.3 Å². The van der Waals surface area contributed by atoms with Gasteiger partial charge in [0.15, 0.2) is 16.1 Å². The number of hydrogen-bond donors (Lipinski definition) is 2. The number of rotatable bonds is 7. The van der Waals surface area contributed by atoms with Crippen molar-refractivity contribution in [1.29, 1.82) is 5.26 Å². The second-order valence-electron chi connectivity index (χ2n) is 10.5. The quantitative estimate of drug-likeness (QED) is 0.399. The number of nitrogens with zero attached hydrogens (tertiary/aromatic N) is 4. The number of ether oxygens (including phenoxy) is 1. The van der Waals surface area contributed by atoms with Crippen molar-refractivity contribution in [2.75, 3.05) is 16.8 Å². The van der Waals surface area contributed by atoms with Crippen molar-refractivity contribution in [3.05, 3.63) is 65.9 Å². The number of nitrogens with one attached hydrogen (secondary N) is 2. The first-order chi connectivity index (χ1) is 20.2. The largest absolute Gasteiger partial charge is 0.425 e. The molecule has 1 aliphatic carbocycles. The van der Waals surface area contributed by atoms with Crippen molar-refractivity contribution in [3.63, 3.8) is 0 Å². The number of amides is 2. The summed E-state index contributed by atoms with van der Waals surface area (Å²) in [6.07, 6.45) is -6.61. The minimum Gasteiger partial charge on any atom is -0.425 e. The minimum absolute atomic E-state index is 0.300. The van der Waals surface area contributed by atoms with Gasteiger partial charge in [-0.05, 0) is 50.1 Å². The zero-order chi connectivity index (χ0) is 31.2. The van der Waals surface area contributed by atoms with Gasteiger partial charge in [0, 0.05) is 31.6 Å². The summed E-state index contributed by atoms with van der Waals surface area (Å²) >= 11 is 0. The molecule has 15 heteroatoms. The van der Waals surface area contributed by atoms with E-state index in [9.17, 15) is 36.4 Å². The van der Waals surface area contributed by atoms with Crippen LogP contribution in [-0.4, -0.2) is 53.8 Å². The van der Waals surface area contributed by atoms with Crippen LogP contribution in [0.4, 0.5) is 29.5 Å². The Labute approximate surface area is 245 Å². The number of carbonyl (C=O) groups is 2. The molecule has 2 amide bonds. The highest BCUT2D eigenvalue weighted by atomic mass is 32.2. The maximum absolute atomic E-state index is 13.8. The summed E-state index contributed by atoms with van der Waals surface area (Å²) in [5.74, 6) is 0.00419. The second-order valence-corrected chi connectivity index (χ2v) is 12.7. The molecule has 5 rings (SSSR count). The molecule has 1 saturated heterocycles. The predicted molar refractivity (Wildman–Crippen MR) is 148 cm³/mol. The van der Waals surface area contributed by atoms with E-state index in [1.165, 1.54) is 22.6 Å². The van der Waals surface area contributed by atoms with Crippen LogP contribution in [0.25, 0.3) is 5.69 Å². The summed E-state index contributed by atoms with van der Waals surface area (Å²) in [5, 5.41) is 17.6. The molecule has 226 valence electrons. The van der Waals surface area contributed by atoms with Gasteiger partial charge >= 0.3 is 12.3 Å². The maximum Gasteiger partial charge on any atom is 0.417 e. The topological polar surface area (TPSA) is 146 Å². The van der Waals surface area contributed by atoms with Crippen LogP contribution in [0.2, 0.25) is 0 Å². The Balaban J connectivity index is 1.54. The van der Waals surface area contributed by atoms with Crippen molar-refractivity contribution in [3.8, 4) is 11.8 Å². The predicted octanol–water partition coefficient (Wildman–Crippen LogP) is 4.32. The average molecular weight is 617 g/mol. The zero-order valence-electron chi connectivity index (χ0n) is 23.1. The molecule has 11 nitrogen and oxygen atoms in total. The number of benzene rings is 2. The highest BCUT2D eigenvalue weighted by molar-refractivity contribution is 7.92. The SMILES string of the molecule is CC(=O)Nc1cccc(-n2nc(C)cc2N2C[C@H](S(=O)(=O)c3ccccc3C(F)(F)F)C[C@@H]2OC(=O)NC2(C#N)CC2)c1. The van der Waals surface area contributed by atoms with Crippen LogP contribution >= 0.6 is 0 Å². The lowest BCUT2D eigenvalue weighted by Gasteiger charge is -2.27. The lowest BCUT2D eigenvalue weighted by Crippen LogP contribution is -2.42. The van der Waals surface area contributed by atoms with Crippen LogP contribution in [-0.2, 0) is 25.5 Å². The van der Waals surface area contributed by atoms with Crippen LogP contribution in [0.1, 0.15) is 37.4 Å². The Hall–Kier alpha value is -4.58. The first-order valence-electron chi connectivity index (χ1n) is 13.2. The molecule has 1 saturated carbocycles. The summed E-state index contributed by atoms with van der Waals surface area (Å²) in [4.78, 5) is 25.0. The molecule has 2 aromatic carbocycles. The molecule has 43 heavy (non-hydrogen) atoms. The summed E-state index contributed by atoms with van der Waals surface area (Å²) in [7, 11) is -4.58. The third kappa shape index (κ3) is 6.14. The maximum atomic E-state index is 13.8. The summed E-state index contributed by atoms with van der Waals surface area (Å²) in [6.45, 7) is 2.71. The van der Waals surface area contributed by atoms with Gasteiger partial charge in [0.25, 0.3) is 0 Å². The van der Waals surface area contributed by atoms with E-state index in [-0.39, 0.29) is 18.9 Å². The summed E-state index contributed by atoms with van der Waals surface area (Å²) in [6, 6.07) is 14.2. The number of aromatic nitrogens is 2. The summed E-state index contributed by atoms with van der Waals surface area (Å²) < 4.78 is 75.9. The van der Waals surface area contributed by atoms with Gasteiger partial charge < -0.3 is 20.3 Å². The molecule has 2 atom stereocenters. The van der Waals surface area contributed by atoms with Gasteiger partial charge in [-0.2, -0.15) is 23.5 Å². The number of sulfone groups is 1. The molecule has 0 unspecified atom stereocenters. The van der Waals surface area contributed by atoms with Crippen molar-refractivity contribution in [1.82, 2.24) is 15.1 Å². The molecule has 3 aromatic rings. The number of alkyl carbamates (subject to hydrolysis) is 1. The van der Waals surface area contributed by atoms with Gasteiger partial charge in [-0.15, -0.1) is 0 Å². The fourth-order valence-electron chi connectivity index (χ4n) is 5.01. The monoisotopic (exact) mass is 616 g/mol. The molecule has 2 fully saturated rings. The molecule has 0 bridgehead atoms. The minimum atomic E-state index is -4.91. The third-order valence-corrected chi connectivity index (χ3v) is 9.41. The fourth-order valence-corrected chi connectivity index (χ4v) is 6.90. The third-order valence-electron chi connectivity index (χ3n) is 7.22. The molecular weight excluding hydrogens is 589 g/mol. The van der Waals surface area contributed by atoms with Gasteiger partial charge in [-0.25, -0.2) is 17.9 Å². The molecule has 0 radical (unpaired) electrons. The van der Waals surface area contributed by atoms with Crippen LogP contribution in [0, 0.1) is 18.3 Å². The average Bonchev–Trinajstić information content (AvgIpc) is 3.40. The van der Waals surface area contributed by atoms with Crippen LogP contribution in [0.15, 0.2) is 59.5 Å². The van der Waals surface area contributed by atoms with Crippen LogP contribution < -0.4 is 15.5 Å². The molecule has 1 aliphatic heterocycles. The first-order valence-corrected chi connectivity index (χ1v) is 14.8. The number of nitriles is 1. The Morgan fingerprint density at radius 2 is 1.86 bits per heavy atom. The van der Waals surface area contributed by atoms with E-state index in [2.05, 4.69) is 15.7 Å². The molecule has 1 aromatic heterocycles. The van der Waals surface area contributed by atoms with Gasteiger partial charge in [-0.1, -0.05) is 18.2 Å². The first kappa shape index (κ1) is 29.9. The lowest BCUT2D eigenvalue weighted by atomic mass is 10.2. The Morgan fingerprint density at radius 1 is 1.14 bits per heavy atom. The molecule has 2 heterocycles. The normalized spacial score (nSPS) is 19.4. The molecule has 2 N–H and O–H groups in total. The van der Waals surface area contributed by atoms with Crippen molar-refractivity contribution >= 4 is 33.3 Å². The second kappa shape index (κ2) is 10.9. The van der Waals surface area contributed by atoms with Gasteiger partial charge in [0.05, 0.1) is 33.2 Å². The van der Waals surface area contributed by atoms with E-state index in [0.717, 1.165) is 12.1 Å². The van der Waals surface area contributed by atoms with Crippen molar-refractivity contribution in [2.24, 2.45) is 0 Å². The fraction of sp³-hybridized carbons (Fsp3) is 0.357. The number of halogens is 3. The smallest absolute Gasteiger partial charge is 0.417 e. The Morgan fingerprint density at radius 3 is 2.51 bits per heavy atom. The number of carbonyl (C=O) groups excluding carboxylic acids is 2. The molecular formula is C28H27F3N6O5S. The Kier molecular flexibility index (Phi) is 7.59. The van der Waals surface area contributed by atoms with E-state index in [0.29, 0.717) is 41.8 Å². The number of hydrogen-bond acceptors (Lipinski definition) is 8. The Bertz CT molecular complexity index is 1730. The highest BCUT2D eigenvalue weighted by Crippen LogP contribution is 2.40. The van der Waals surface area contributed by atoms with E-state index < -0.39 is 49.6 Å². The molecule has 0 spiro atoms. The van der Waals surface area contributed by atoms with E-state index >= 15 is 0 Å². The zero-order valence-corrected chi connectivity index (χ0v) is 23.9. The van der Waals surface area contributed by atoms with E-state index in [4.69, 9.17) is 4.74 Å². The van der Waals surface area contributed by atoms with Gasteiger partial charge in [0.1, 0.15) is 11.4 Å². The van der Waals surface area contributed by atoms with Crippen molar-refractivity contribution < 1.29 is 35.9 Å². The van der Waals surface area contributed by atoms with Gasteiger partial charge in [0.2, 0.25) is 5.91 Å². The number of aryl methyl sites for hydroxylation is 1. The van der Waals surface area contributed by atoms with Crippen molar-refractivity contribution in [2.45, 2.75) is 61.2 Å². The number of anilines is 2. The lowest BCUT2D eigenvalue weighted by molar-refractivity contribution is -0.139. The van der Waals surface area contributed by atoms with Crippen LogP contribution in [0.5, 0.6) is 0 Å². The van der Waals surface area contributed by atoms with E-state index in [1.807, 2.05) is 6.07 Å². The summed E-state index contributed by atoms with van der Waals surface area (Å²) in [5.41, 5.74) is -0.900. The van der Waals surface area contributed by atoms with Gasteiger partial charge in [-0.3, -0.25) is 4.79 Å². The highest BCUT2D eigenvalue weighted by Gasteiger charge is 2.49. The van der Waals surface area contributed by atoms with Crippen LogP contribution in [0.3, 0.4) is 0 Å². The molecule has 2 aliphatic rings.